The van der Waals surface area contributed by atoms with E-state index in [1.54, 1.807) is 6.26 Å². The van der Waals surface area contributed by atoms with E-state index in [-0.39, 0.29) is 16.8 Å². The monoisotopic (exact) mass is 328 g/mol. The van der Waals surface area contributed by atoms with Crippen LogP contribution in [0, 0.1) is 22.7 Å². The van der Waals surface area contributed by atoms with Crippen LogP contribution in [-0.2, 0) is 16.0 Å². The molecule has 1 heterocycles. The Kier molecular flexibility index (Phi) is 4.46. The molecule has 24 heavy (non-hydrogen) atoms. The van der Waals surface area contributed by atoms with Gasteiger partial charge >= 0.3 is 5.97 Å². The fourth-order valence-electron chi connectivity index (χ4n) is 4.89. The highest BCUT2D eigenvalue weighted by Gasteiger charge is 2.54. The molecule has 0 bridgehead atoms. The summed E-state index contributed by atoms with van der Waals surface area (Å²) in [7, 11) is 1.48. The van der Waals surface area contributed by atoms with E-state index in [1.165, 1.54) is 12.7 Å². The van der Waals surface area contributed by atoms with E-state index >= 15 is 0 Å². The minimum Gasteiger partial charge on any atom is -0.472 e. The van der Waals surface area contributed by atoms with Gasteiger partial charge in [0.15, 0.2) is 0 Å². The first kappa shape index (κ1) is 17.1. The van der Waals surface area contributed by atoms with Crippen LogP contribution in [0.15, 0.2) is 46.8 Å². The third-order valence-corrected chi connectivity index (χ3v) is 6.74. The van der Waals surface area contributed by atoms with E-state index in [2.05, 4.69) is 26.8 Å². The third-order valence-electron chi connectivity index (χ3n) is 6.74. The molecule has 3 rings (SSSR count). The van der Waals surface area contributed by atoms with Crippen LogP contribution in [0.2, 0.25) is 0 Å². The van der Waals surface area contributed by atoms with Crippen LogP contribution in [0.5, 0.6) is 0 Å². The number of furan rings is 1. The maximum absolute atomic E-state index is 12.3. The summed E-state index contributed by atoms with van der Waals surface area (Å²) in [5.74, 6) is 0.780. The summed E-state index contributed by atoms with van der Waals surface area (Å²) in [6.45, 7) is 7.00. The van der Waals surface area contributed by atoms with Gasteiger partial charge in [0, 0.05) is 11.0 Å². The molecule has 0 N–H and O–H groups in total. The van der Waals surface area contributed by atoms with Gasteiger partial charge in [-0.25, -0.2) is 4.79 Å². The quantitative estimate of drug-likeness (QED) is 0.735. The van der Waals surface area contributed by atoms with Gasteiger partial charge < -0.3 is 9.15 Å². The van der Waals surface area contributed by atoms with Gasteiger partial charge in [0.05, 0.1) is 19.6 Å². The Labute approximate surface area is 144 Å². The number of allylic oxidation sites excluding steroid dienone is 3. The summed E-state index contributed by atoms with van der Waals surface area (Å²) in [6, 6.07) is 2.05. The number of methoxy groups -OCH3 is 1. The molecule has 0 amide bonds. The lowest BCUT2D eigenvalue weighted by molar-refractivity contribution is -0.139. The topological polar surface area (TPSA) is 39.4 Å². The van der Waals surface area contributed by atoms with Crippen LogP contribution in [0.25, 0.3) is 0 Å². The Hall–Kier alpha value is -1.77. The van der Waals surface area contributed by atoms with Crippen LogP contribution >= 0.6 is 0 Å². The van der Waals surface area contributed by atoms with Crippen LogP contribution in [-0.4, -0.2) is 13.1 Å². The second-order valence-corrected chi connectivity index (χ2v) is 7.93. The minimum atomic E-state index is -0.182. The number of hydrogen-bond acceptors (Lipinski definition) is 3. The maximum atomic E-state index is 12.3. The lowest BCUT2D eigenvalue weighted by Crippen LogP contribution is -2.50. The van der Waals surface area contributed by atoms with Crippen molar-refractivity contribution >= 4 is 5.97 Å². The first-order valence-electron chi connectivity index (χ1n) is 8.90. The van der Waals surface area contributed by atoms with E-state index in [0.717, 1.165) is 31.3 Å². The molecule has 1 fully saturated rings. The fourth-order valence-corrected chi connectivity index (χ4v) is 4.89. The zero-order chi connectivity index (χ0) is 17.4. The van der Waals surface area contributed by atoms with Crippen LogP contribution < -0.4 is 0 Å². The van der Waals surface area contributed by atoms with Crippen LogP contribution in [0.4, 0.5) is 0 Å². The number of ether oxygens (including phenoxy) is 1. The lowest BCUT2D eigenvalue weighted by atomic mass is 9.48. The van der Waals surface area contributed by atoms with Gasteiger partial charge in [-0.15, -0.1) is 0 Å². The van der Waals surface area contributed by atoms with Crippen molar-refractivity contribution in [2.24, 2.45) is 22.7 Å². The van der Waals surface area contributed by atoms with Crippen molar-refractivity contribution in [1.29, 1.82) is 0 Å². The maximum Gasteiger partial charge on any atom is 0.334 e. The van der Waals surface area contributed by atoms with E-state index in [1.807, 2.05) is 24.5 Å². The minimum absolute atomic E-state index is 0.139. The average Bonchev–Trinajstić information content (AvgIpc) is 3.09. The van der Waals surface area contributed by atoms with Gasteiger partial charge in [0.1, 0.15) is 0 Å². The van der Waals surface area contributed by atoms with Gasteiger partial charge in [-0.1, -0.05) is 39.0 Å². The molecule has 0 unspecified atom stereocenters. The van der Waals surface area contributed by atoms with Crippen molar-refractivity contribution in [3.63, 3.8) is 0 Å². The molecule has 0 aliphatic heterocycles. The molecule has 2 aliphatic carbocycles. The van der Waals surface area contributed by atoms with Crippen molar-refractivity contribution in [3.05, 3.63) is 48.0 Å². The fraction of sp³-hybridized carbons (Fsp3) is 0.571. The zero-order valence-corrected chi connectivity index (χ0v) is 15.2. The number of fused-ring (bicyclic) bond motifs is 1. The molecule has 0 aromatic carbocycles. The van der Waals surface area contributed by atoms with Crippen molar-refractivity contribution in [1.82, 2.24) is 0 Å². The lowest BCUT2D eigenvalue weighted by Gasteiger charge is -2.56. The van der Waals surface area contributed by atoms with Gasteiger partial charge in [-0.05, 0) is 54.6 Å². The standard InChI is InChI=1S/C21H28O3/c1-15-8-11-21(3)17(19(22)23-4)6-5-7-18(21)20(15,2)12-9-16-10-13-24-14-16/h5-7,10,13-15,18H,8-9,11-12H2,1-4H3/t15-,18-,20+,21+/m1/s1. The molecule has 3 heteroatoms. The average molecular weight is 328 g/mol. The SMILES string of the molecule is COC(=O)C1=CC=C[C@@H]2[C@@](C)(CCc3ccoc3)[C@H](C)CC[C@@]12C. The van der Waals surface area contributed by atoms with E-state index < -0.39 is 0 Å². The Morgan fingerprint density at radius 3 is 2.88 bits per heavy atom. The number of carbonyl (C=O) groups is 1. The van der Waals surface area contributed by atoms with Gasteiger partial charge in [-0.3, -0.25) is 0 Å². The van der Waals surface area contributed by atoms with Crippen molar-refractivity contribution in [3.8, 4) is 0 Å². The first-order valence-corrected chi connectivity index (χ1v) is 8.90. The summed E-state index contributed by atoms with van der Waals surface area (Å²) in [5, 5.41) is 0. The Morgan fingerprint density at radius 2 is 2.21 bits per heavy atom. The van der Waals surface area contributed by atoms with Crippen molar-refractivity contribution in [2.75, 3.05) is 7.11 Å². The Bertz CT molecular complexity index is 655. The molecule has 2 aliphatic rings. The number of carbonyl (C=O) groups excluding carboxylic acids is 1. The highest BCUT2D eigenvalue weighted by molar-refractivity contribution is 5.90. The molecule has 1 aromatic rings. The number of esters is 1. The Balaban J connectivity index is 1.91. The van der Waals surface area contributed by atoms with Crippen molar-refractivity contribution in [2.45, 2.75) is 46.5 Å². The number of aryl methyl sites for hydroxylation is 1. The van der Waals surface area contributed by atoms with E-state index in [9.17, 15) is 4.79 Å². The van der Waals surface area contributed by atoms with E-state index in [4.69, 9.17) is 9.15 Å². The molecule has 1 aromatic heterocycles. The predicted molar refractivity (Wildman–Crippen MR) is 94.4 cm³/mol. The summed E-state index contributed by atoms with van der Waals surface area (Å²) in [4.78, 5) is 12.3. The van der Waals surface area contributed by atoms with Gasteiger partial charge in [0.2, 0.25) is 0 Å². The number of hydrogen-bond donors (Lipinski definition) is 0. The molecular formula is C21H28O3. The molecule has 0 saturated heterocycles. The zero-order valence-electron chi connectivity index (χ0n) is 15.2. The van der Waals surface area contributed by atoms with Crippen molar-refractivity contribution < 1.29 is 13.9 Å². The van der Waals surface area contributed by atoms with Gasteiger partial charge in [-0.2, -0.15) is 0 Å². The van der Waals surface area contributed by atoms with Crippen LogP contribution in [0.3, 0.4) is 0 Å². The molecule has 1 saturated carbocycles. The second kappa shape index (κ2) is 6.27. The molecule has 0 radical (unpaired) electrons. The van der Waals surface area contributed by atoms with Crippen LogP contribution in [0.1, 0.15) is 45.6 Å². The molecule has 4 atom stereocenters. The normalized spacial score (nSPS) is 35.2. The summed E-state index contributed by atoms with van der Waals surface area (Å²) < 4.78 is 10.3. The summed E-state index contributed by atoms with van der Waals surface area (Å²) >= 11 is 0. The highest BCUT2D eigenvalue weighted by atomic mass is 16.5. The summed E-state index contributed by atoms with van der Waals surface area (Å²) in [6.07, 6.45) is 14.2. The molecule has 3 nitrogen and oxygen atoms in total. The highest BCUT2D eigenvalue weighted by Crippen LogP contribution is 2.60. The second-order valence-electron chi connectivity index (χ2n) is 7.93. The summed E-state index contributed by atoms with van der Waals surface area (Å²) in [5.41, 5.74) is 2.09. The predicted octanol–water partition coefficient (Wildman–Crippen LogP) is 4.94. The molecule has 0 spiro atoms. The molecular weight excluding hydrogens is 300 g/mol. The van der Waals surface area contributed by atoms with Gasteiger partial charge in [0.25, 0.3) is 0 Å². The largest absolute Gasteiger partial charge is 0.472 e. The first-order chi connectivity index (χ1) is 11.4. The smallest absolute Gasteiger partial charge is 0.334 e. The number of rotatable bonds is 4. The Morgan fingerprint density at radius 1 is 1.42 bits per heavy atom. The third kappa shape index (κ3) is 2.64. The van der Waals surface area contributed by atoms with E-state index in [0.29, 0.717) is 11.8 Å². The molecule has 130 valence electrons.